The molecule has 9 heteroatoms. The molecule has 1 aliphatic rings. The molecule has 1 aromatic heterocycles. The predicted octanol–water partition coefficient (Wildman–Crippen LogP) is 2.04. The first-order valence-electron chi connectivity index (χ1n) is 10.8. The van der Waals surface area contributed by atoms with Crippen molar-refractivity contribution in [3.63, 3.8) is 0 Å². The van der Waals surface area contributed by atoms with Gasteiger partial charge in [-0.15, -0.1) is 0 Å². The summed E-state index contributed by atoms with van der Waals surface area (Å²) in [4.78, 5) is 37.0. The normalized spacial score (nSPS) is 13.1. The minimum Gasteiger partial charge on any atom is -0.352 e. The number of fused-ring (bicyclic) bond motifs is 1. The van der Waals surface area contributed by atoms with E-state index in [-0.39, 0.29) is 30.8 Å². The lowest BCUT2D eigenvalue weighted by atomic mass is 10.0. The molecule has 0 spiro atoms. The molecule has 0 saturated heterocycles. The number of hydrogen-bond acceptors (Lipinski definition) is 5. The summed E-state index contributed by atoms with van der Waals surface area (Å²) in [6, 6.07) is 20.8. The van der Waals surface area contributed by atoms with Crippen LogP contribution in [0.15, 0.2) is 71.5 Å². The van der Waals surface area contributed by atoms with Crippen LogP contribution < -0.4 is 16.3 Å². The number of rotatable bonds is 7. The minimum atomic E-state index is -0.506. The van der Waals surface area contributed by atoms with Gasteiger partial charge in [0.2, 0.25) is 11.8 Å². The van der Waals surface area contributed by atoms with Crippen molar-refractivity contribution in [1.29, 1.82) is 0 Å². The molecule has 0 atom stereocenters. The third-order valence-electron chi connectivity index (χ3n) is 5.50. The van der Waals surface area contributed by atoms with Crippen LogP contribution in [0.25, 0.3) is 16.5 Å². The van der Waals surface area contributed by atoms with E-state index in [1.165, 1.54) is 0 Å². The lowest BCUT2D eigenvalue weighted by Gasteiger charge is -2.08. The summed E-state index contributed by atoms with van der Waals surface area (Å²) in [6.07, 6.45) is 2.19. The Morgan fingerprint density at radius 1 is 0.909 bits per heavy atom. The van der Waals surface area contributed by atoms with Crippen molar-refractivity contribution in [3.05, 3.63) is 82.8 Å². The largest absolute Gasteiger partial charge is 0.368 e. The van der Waals surface area contributed by atoms with E-state index in [1.54, 1.807) is 24.3 Å². The highest BCUT2D eigenvalue weighted by Gasteiger charge is 2.24. The number of nitrogens with one attached hydrogen (secondary N) is 2. The molecule has 9 nitrogen and oxygen atoms in total. The van der Waals surface area contributed by atoms with Gasteiger partial charge in [-0.1, -0.05) is 42.5 Å². The Bertz CT molecular complexity index is 1380. The number of benzene rings is 3. The molecule has 4 aromatic rings. The van der Waals surface area contributed by atoms with Gasteiger partial charge in [0.05, 0.1) is 12.1 Å². The number of nitrogens with zero attached hydrogens (tertiary/aromatic N) is 4. The summed E-state index contributed by atoms with van der Waals surface area (Å²) in [5, 5.41) is 15.5. The van der Waals surface area contributed by atoms with E-state index in [0.717, 1.165) is 38.5 Å². The molecule has 0 bridgehead atoms. The zero-order chi connectivity index (χ0) is 22.8. The molecular formula is C24H22N6O3. The predicted molar refractivity (Wildman–Crippen MR) is 123 cm³/mol. The van der Waals surface area contributed by atoms with Crippen LogP contribution in [-0.4, -0.2) is 37.6 Å². The van der Waals surface area contributed by atoms with Crippen LogP contribution in [0.4, 0.5) is 5.69 Å². The van der Waals surface area contributed by atoms with Crippen molar-refractivity contribution in [1.82, 2.24) is 25.1 Å². The van der Waals surface area contributed by atoms with E-state index in [1.807, 2.05) is 42.5 Å². The van der Waals surface area contributed by atoms with E-state index in [9.17, 15) is 14.4 Å². The number of carbonyl (C=O) groups excluding carboxylic acids is 2. The van der Waals surface area contributed by atoms with Gasteiger partial charge in [0.25, 0.3) is 0 Å². The molecule has 1 aliphatic carbocycles. The highest BCUT2D eigenvalue weighted by Crippen LogP contribution is 2.20. The van der Waals surface area contributed by atoms with Crippen LogP contribution in [0.5, 0.6) is 0 Å². The second kappa shape index (κ2) is 8.70. The second-order valence-electron chi connectivity index (χ2n) is 8.08. The molecule has 5 rings (SSSR count). The summed E-state index contributed by atoms with van der Waals surface area (Å²) in [5.74, 6) is -0.389. The Hall–Kier alpha value is -4.27. The van der Waals surface area contributed by atoms with E-state index >= 15 is 0 Å². The average molecular weight is 442 g/mol. The maximum absolute atomic E-state index is 12.6. The van der Waals surface area contributed by atoms with Crippen molar-refractivity contribution in [2.75, 3.05) is 5.32 Å². The fourth-order valence-electron chi connectivity index (χ4n) is 3.68. The van der Waals surface area contributed by atoms with Crippen LogP contribution in [-0.2, 0) is 22.6 Å². The summed E-state index contributed by atoms with van der Waals surface area (Å²) in [7, 11) is 0. The van der Waals surface area contributed by atoms with Crippen LogP contribution in [0.3, 0.4) is 0 Å². The minimum absolute atomic E-state index is 0.135. The molecular weight excluding hydrogens is 420 g/mol. The topological polar surface area (TPSA) is 111 Å². The van der Waals surface area contributed by atoms with E-state index in [4.69, 9.17) is 0 Å². The molecule has 1 heterocycles. The Kier molecular flexibility index (Phi) is 5.43. The average Bonchev–Trinajstić information content (AvgIpc) is 3.56. The first-order chi connectivity index (χ1) is 16.1. The highest BCUT2D eigenvalue weighted by atomic mass is 16.2. The van der Waals surface area contributed by atoms with Crippen molar-refractivity contribution >= 4 is 28.3 Å². The van der Waals surface area contributed by atoms with Crippen LogP contribution in [0.1, 0.15) is 18.4 Å². The molecule has 2 amide bonds. The highest BCUT2D eigenvalue weighted by molar-refractivity contribution is 5.96. The molecule has 0 unspecified atom stereocenters. The smallest absolute Gasteiger partial charge is 0.352 e. The summed E-state index contributed by atoms with van der Waals surface area (Å²) in [5.41, 5.74) is 1.54. The maximum atomic E-state index is 12.6. The monoisotopic (exact) mass is 442 g/mol. The van der Waals surface area contributed by atoms with Crippen molar-refractivity contribution < 1.29 is 9.59 Å². The number of hydrogen-bond donors (Lipinski definition) is 2. The van der Waals surface area contributed by atoms with Gasteiger partial charge in [0, 0.05) is 11.7 Å². The van der Waals surface area contributed by atoms with Gasteiger partial charge in [-0.2, -0.15) is 9.36 Å². The molecule has 1 fully saturated rings. The Morgan fingerprint density at radius 3 is 2.45 bits per heavy atom. The first-order valence-corrected chi connectivity index (χ1v) is 10.8. The summed E-state index contributed by atoms with van der Waals surface area (Å²) < 4.78 is 2.14. The molecule has 0 radical (unpaired) electrons. The third-order valence-corrected chi connectivity index (χ3v) is 5.50. The standard InChI is InChI=1S/C24H22N6O3/c31-22(14-17-6-3-5-16-4-1-2-7-21(16)17)25-19-10-12-20(13-11-19)30-24(33)29(27-28-30)15-23(32)26-18-8-9-18/h1-7,10-13,18H,8-9,14-15H2,(H,25,31)(H,26,32). The zero-order valence-electron chi connectivity index (χ0n) is 17.8. The third kappa shape index (κ3) is 4.67. The maximum Gasteiger partial charge on any atom is 0.368 e. The molecule has 166 valence electrons. The molecule has 2 N–H and O–H groups in total. The van der Waals surface area contributed by atoms with Crippen LogP contribution in [0, 0.1) is 0 Å². The number of amides is 2. The number of aromatic nitrogens is 4. The Labute approximate surface area is 189 Å². The van der Waals surface area contributed by atoms with Crippen LogP contribution >= 0.6 is 0 Å². The van der Waals surface area contributed by atoms with Crippen molar-refractivity contribution in [3.8, 4) is 5.69 Å². The SMILES string of the molecule is O=C(Cc1cccc2ccccc12)Nc1ccc(-n2nnn(CC(=O)NC3CC3)c2=O)cc1. The molecule has 0 aliphatic heterocycles. The lowest BCUT2D eigenvalue weighted by Crippen LogP contribution is -2.34. The zero-order valence-corrected chi connectivity index (χ0v) is 17.8. The summed E-state index contributed by atoms with van der Waals surface area (Å²) >= 11 is 0. The summed E-state index contributed by atoms with van der Waals surface area (Å²) in [6.45, 7) is -0.169. The van der Waals surface area contributed by atoms with Gasteiger partial charge in [-0.3, -0.25) is 9.59 Å². The van der Waals surface area contributed by atoms with Gasteiger partial charge in [-0.05, 0) is 63.9 Å². The number of carbonyl (C=O) groups is 2. The van der Waals surface area contributed by atoms with Gasteiger partial charge in [0.15, 0.2) is 0 Å². The first kappa shape index (κ1) is 20.6. The molecule has 1 saturated carbocycles. The van der Waals surface area contributed by atoms with Gasteiger partial charge in [0.1, 0.15) is 6.54 Å². The number of tetrazole rings is 1. The van der Waals surface area contributed by atoms with Crippen LogP contribution in [0.2, 0.25) is 0 Å². The fourth-order valence-corrected chi connectivity index (χ4v) is 3.68. The van der Waals surface area contributed by atoms with E-state index in [0.29, 0.717) is 11.4 Å². The molecule has 33 heavy (non-hydrogen) atoms. The fraction of sp³-hybridized carbons (Fsp3) is 0.208. The van der Waals surface area contributed by atoms with E-state index in [2.05, 4.69) is 21.1 Å². The Morgan fingerprint density at radius 2 is 1.67 bits per heavy atom. The quantitative estimate of drug-likeness (QED) is 0.455. The van der Waals surface area contributed by atoms with Gasteiger partial charge < -0.3 is 10.6 Å². The second-order valence-corrected chi connectivity index (χ2v) is 8.08. The van der Waals surface area contributed by atoms with E-state index < -0.39 is 5.69 Å². The van der Waals surface area contributed by atoms with Crippen molar-refractivity contribution in [2.45, 2.75) is 31.8 Å². The number of anilines is 1. The lowest BCUT2D eigenvalue weighted by molar-refractivity contribution is -0.122. The van der Waals surface area contributed by atoms with Gasteiger partial charge in [-0.25, -0.2) is 4.79 Å². The Balaban J connectivity index is 1.24. The molecule has 3 aromatic carbocycles. The van der Waals surface area contributed by atoms with Crippen molar-refractivity contribution in [2.24, 2.45) is 0 Å². The van der Waals surface area contributed by atoms with Gasteiger partial charge >= 0.3 is 5.69 Å².